The molecule has 0 aliphatic rings. The molecular weight excluding hydrogens is 254 g/mol. The van der Waals surface area contributed by atoms with Crippen molar-refractivity contribution in [3.63, 3.8) is 0 Å². The third-order valence-electron chi connectivity index (χ3n) is 2.86. The second kappa shape index (κ2) is 10.5. The summed E-state index contributed by atoms with van der Waals surface area (Å²) in [4.78, 5) is 0. The maximum absolute atomic E-state index is 5.74. The molecule has 0 unspecified atom stereocenters. The van der Waals surface area contributed by atoms with Gasteiger partial charge in [-0.2, -0.15) is 0 Å². The van der Waals surface area contributed by atoms with E-state index in [2.05, 4.69) is 13.8 Å². The standard InChI is InChI=1S/C16H27NO3/c1-3-5-9-18-10-11-20-16-12-15(19-8-4-2)7-6-14(16)13-17/h6-7,12H,3-5,8-11,13,17H2,1-2H3. The Bertz CT molecular complexity index is 369. The van der Waals surface area contributed by atoms with E-state index >= 15 is 0 Å². The van der Waals surface area contributed by atoms with Gasteiger partial charge in [0.2, 0.25) is 0 Å². The van der Waals surface area contributed by atoms with Crippen molar-refractivity contribution in [1.29, 1.82) is 0 Å². The van der Waals surface area contributed by atoms with Crippen LogP contribution < -0.4 is 15.2 Å². The molecule has 0 saturated carbocycles. The topological polar surface area (TPSA) is 53.7 Å². The highest BCUT2D eigenvalue weighted by atomic mass is 16.5. The van der Waals surface area contributed by atoms with Crippen molar-refractivity contribution in [1.82, 2.24) is 0 Å². The SMILES string of the molecule is CCCCOCCOc1cc(OCCC)ccc1CN. The molecule has 0 aliphatic carbocycles. The Morgan fingerprint density at radius 1 is 0.950 bits per heavy atom. The van der Waals surface area contributed by atoms with Gasteiger partial charge in [-0.25, -0.2) is 0 Å². The number of unbranched alkanes of at least 4 members (excludes halogenated alkanes) is 1. The molecule has 1 aromatic rings. The van der Waals surface area contributed by atoms with Crippen LogP contribution in [0.1, 0.15) is 38.7 Å². The zero-order valence-corrected chi connectivity index (χ0v) is 12.7. The fourth-order valence-corrected chi connectivity index (χ4v) is 1.71. The van der Waals surface area contributed by atoms with Crippen LogP contribution in [-0.2, 0) is 11.3 Å². The first kappa shape index (κ1) is 16.8. The van der Waals surface area contributed by atoms with Crippen molar-refractivity contribution >= 4 is 0 Å². The van der Waals surface area contributed by atoms with Gasteiger partial charge in [0.1, 0.15) is 18.1 Å². The van der Waals surface area contributed by atoms with Gasteiger partial charge in [-0.1, -0.05) is 26.3 Å². The van der Waals surface area contributed by atoms with E-state index < -0.39 is 0 Å². The second-order valence-electron chi connectivity index (χ2n) is 4.64. The molecule has 4 nitrogen and oxygen atoms in total. The van der Waals surface area contributed by atoms with Crippen molar-refractivity contribution in [3.8, 4) is 11.5 Å². The van der Waals surface area contributed by atoms with Gasteiger partial charge in [-0.05, 0) is 18.9 Å². The summed E-state index contributed by atoms with van der Waals surface area (Å²) < 4.78 is 16.8. The third kappa shape index (κ3) is 6.26. The summed E-state index contributed by atoms with van der Waals surface area (Å²) in [5.41, 5.74) is 6.71. The molecule has 0 bridgehead atoms. The maximum atomic E-state index is 5.74. The lowest BCUT2D eigenvalue weighted by molar-refractivity contribution is 0.0976. The van der Waals surface area contributed by atoms with Crippen LogP contribution in [0.4, 0.5) is 0 Å². The highest BCUT2D eigenvalue weighted by Crippen LogP contribution is 2.24. The summed E-state index contributed by atoms with van der Waals surface area (Å²) >= 11 is 0. The van der Waals surface area contributed by atoms with E-state index in [-0.39, 0.29) is 0 Å². The van der Waals surface area contributed by atoms with Gasteiger partial charge in [0.25, 0.3) is 0 Å². The molecule has 0 atom stereocenters. The molecule has 0 heterocycles. The Balaban J connectivity index is 2.44. The van der Waals surface area contributed by atoms with Crippen molar-refractivity contribution in [2.24, 2.45) is 5.73 Å². The molecule has 4 heteroatoms. The summed E-state index contributed by atoms with van der Waals surface area (Å²) in [5.74, 6) is 1.62. The predicted molar refractivity (Wildman–Crippen MR) is 81.3 cm³/mol. The van der Waals surface area contributed by atoms with Crippen molar-refractivity contribution in [2.45, 2.75) is 39.7 Å². The van der Waals surface area contributed by atoms with Crippen LogP contribution in [-0.4, -0.2) is 26.4 Å². The van der Waals surface area contributed by atoms with E-state index in [1.807, 2.05) is 18.2 Å². The molecule has 0 radical (unpaired) electrons. The minimum atomic E-state index is 0.458. The summed E-state index contributed by atoms with van der Waals surface area (Å²) in [6, 6.07) is 5.80. The normalized spacial score (nSPS) is 10.6. The van der Waals surface area contributed by atoms with E-state index in [0.717, 1.165) is 42.9 Å². The molecule has 0 aromatic heterocycles. The van der Waals surface area contributed by atoms with Gasteiger partial charge in [-0.15, -0.1) is 0 Å². The van der Waals surface area contributed by atoms with E-state index in [9.17, 15) is 0 Å². The molecule has 1 aromatic carbocycles. The number of hydrogen-bond acceptors (Lipinski definition) is 4. The van der Waals surface area contributed by atoms with Gasteiger partial charge in [-0.3, -0.25) is 0 Å². The van der Waals surface area contributed by atoms with E-state index in [1.165, 1.54) is 0 Å². The van der Waals surface area contributed by atoms with Crippen molar-refractivity contribution < 1.29 is 14.2 Å². The average Bonchev–Trinajstić information content (AvgIpc) is 2.48. The largest absolute Gasteiger partial charge is 0.493 e. The van der Waals surface area contributed by atoms with E-state index in [1.54, 1.807) is 0 Å². The maximum Gasteiger partial charge on any atom is 0.127 e. The van der Waals surface area contributed by atoms with Crippen LogP contribution in [0.3, 0.4) is 0 Å². The third-order valence-corrected chi connectivity index (χ3v) is 2.86. The first-order valence-corrected chi connectivity index (χ1v) is 7.48. The van der Waals surface area contributed by atoms with Gasteiger partial charge in [0.15, 0.2) is 0 Å². The number of rotatable bonds is 11. The molecule has 20 heavy (non-hydrogen) atoms. The van der Waals surface area contributed by atoms with E-state index in [4.69, 9.17) is 19.9 Å². The molecule has 0 fully saturated rings. The monoisotopic (exact) mass is 281 g/mol. The smallest absolute Gasteiger partial charge is 0.127 e. The van der Waals surface area contributed by atoms with Crippen LogP contribution in [0.15, 0.2) is 18.2 Å². The molecule has 0 amide bonds. The van der Waals surface area contributed by atoms with Gasteiger partial charge in [0, 0.05) is 24.8 Å². The summed E-state index contributed by atoms with van der Waals surface area (Å²) in [5, 5.41) is 0. The van der Waals surface area contributed by atoms with Gasteiger partial charge < -0.3 is 19.9 Å². The Morgan fingerprint density at radius 3 is 2.50 bits per heavy atom. The lowest BCUT2D eigenvalue weighted by Crippen LogP contribution is -2.10. The lowest BCUT2D eigenvalue weighted by atomic mass is 10.2. The fourth-order valence-electron chi connectivity index (χ4n) is 1.71. The molecule has 0 spiro atoms. The lowest BCUT2D eigenvalue weighted by Gasteiger charge is -2.13. The molecule has 1 rings (SSSR count). The fraction of sp³-hybridized carbons (Fsp3) is 0.625. The zero-order chi connectivity index (χ0) is 14.6. The first-order valence-electron chi connectivity index (χ1n) is 7.48. The quantitative estimate of drug-likeness (QED) is 0.633. The number of hydrogen-bond donors (Lipinski definition) is 1. The van der Waals surface area contributed by atoms with Crippen LogP contribution in [0, 0.1) is 0 Å². The highest BCUT2D eigenvalue weighted by molar-refractivity contribution is 5.40. The molecule has 0 aliphatic heterocycles. The summed E-state index contributed by atoms with van der Waals surface area (Å²) in [6.45, 7) is 7.33. The number of nitrogens with two attached hydrogens (primary N) is 1. The molecular formula is C16H27NO3. The van der Waals surface area contributed by atoms with Gasteiger partial charge in [0.05, 0.1) is 13.2 Å². The minimum absolute atomic E-state index is 0.458. The summed E-state index contributed by atoms with van der Waals surface area (Å²) in [7, 11) is 0. The van der Waals surface area contributed by atoms with Crippen LogP contribution in [0.25, 0.3) is 0 Å². The van der Waals surface area contributed by atoms with Crippen LogP contribution in [0.2, 0.25) is 0 Å². The molecule has 114 valence electrons. The van der Waals surface area contributed by atoms with Crippen molar-refractivity contribution in [2.75, 3.05) is 26.4 Å². The summed E-state index contributed by atoms with van der Waals surface area (Å²) in [6.07, 6.45) is 3.23. The number of benzene rings is 1. The highest BCUT2D eigenvalue weighted by Gasteiger charge is 2.05. The Labute approximate surface area is 122 Å². The Hall–Kier alpha value is -1.26. The minimum Gasteiger partial charge on any atom is -0.493 e. The Morgan fingerprint density at radius 2 is 1.80 bits per heavy atom. The number of ether oxygens (including phenoxy) is 3. The zero-order valence-electron chi connectivity index (χ0n) is 12.7. The average molecular weight is 281 g/mol. The molecule has 2 N–H and O–H groups in total. The Kier molecular flexibility index (Phi) is 8.83. The second-order valence-corrected chi connectivity index (χ2v) is 4.64. The van der Waals surface area contributed by atoms with E-state index in [0.29, 0.717) is 26.4 Å². The molecule has 0 saturated heterocycles. The van der Waals surface area contributed by atoms with Gasteiger partial charge >= 0.3 is 0 Å². The van der Waals surface area contributed by atoms with Crippen molar-refractivity contribution in [3.05, 3.63) is 23.8 Å². The van der Waals surface area contributed by atoms with Crippen LogP contribution >= 0.6 is 0 Å². The van der Waals surface area contributed by atoms with Crippen LogP contribution in [0.5, 0.6) is 11.5 Å². The predicted octanol–water partition coefficient (Wildman–Crippen LogP) is 3.13. The first-order chi connectivity index (χ1) is 9.81.